The van der Waals surface area contributed by atoms with Crippen LogP contribution in [-0.4, -0.2) is 6.04 Å². The Bertz CT molecular complexity index is 406. The van der Waals surface area contributed by atoms with E-state index in [1.165, 1.54) is 0 Å². The third-order valence-electron chi connectivity index (χ3n) is 3.98. The number of alkyl halides is 3. The quantitative estimate of drug-likeness (QED) is 0.802. The van der Waals surface area contributed by atoms with Crippen molar-refractivity contribution in [3.8, 4) is 0 Å². The minimum atomic E-state index is -4.26. The number of nitrogens with two attached hydrogens (primary N) is 1. The van der Waals surface area contributed by atoms with Crippen LogP contribution in [0.4, 0.5) is 13.2 Å². The standard InChI is InChI=1S/C13H16F3N/c1-12(2)10(7-11(12)17)8-3-5-9(6-4-8)13(14,15)16/h3-6,10-11H,7,17H2,1-2H3. The predicted molar refractivity (Wildman–Crippen MR) is 60.6 cm³/mol. The van der Waals surface area contributed by atoms with Gasteiger partial charge in [0, 0.05) is 6.04 Å². The van der Waals surface area contributed by atoms with Crippen LogP contribution in [0.15, 0.2) is 24.3 Å². The van der Waals surface area contributed by atoms with Gasteiger partial charge in [-0.05, 0) is 35.4 Å². The van der Waals surface area contributed by atoms with E-state index in [-0.39, 0.29) is 17.4 Å². The highest BCUT2D eigenvalue weighted by atomic mass is 19.4. The molecule has 0 amide bonds. The maximum atomic E-state index is 12.4. The molecule has 1 aromatic carbocycles. The summed E-state index contributed by atoms with van der Waals surface area (Å²) in [6.45, 7) is 4.12. The van der Waals surface area contributed by atoms with E-state index in [1.54, 1.807) is 12.1 Å². The summed E-state index contributed by atoms with van der Waals surface area (Å²) in [6, 6.07) is 5.57. The molecule has 1 aromatic rings. The molecule has 1 saturated carbocycles. The molecule has 0 saturated heterocycles. The predicted octanol–water partition coefficient (Wildman–Crippen LogP) is 3.55. The number of hydrogen-bond acceptors (Lipinski definition) is 1. The van der Waals surface area contributed by atoms with Gasteiger partial charge in [0.15, 0.2) is 0 Å². The van der Waals surface area contributed by atoms with E-state index in [1.807, 2.05) is 0 Å². The number of rotatable bonds is 1. The normalized spacial score (nSPS) is 27.6. The van der Waals surface area contributed by atoms with Crippen molar-refractivity contribution in [1.29, 1.82) is 0 Å². The smallest absolute Gasteiger partial charge is 0.327 e. The first kappa shape index (κ1) is 12.4. The van der Waals surface area contributed by atoms with Gasteiger partial charge in [-0.3, -0.25) is 0 Å². The first-order chi connectivity index (χ1) is 7.73. The van der Waals surface area contributed by atoms with Crippen LogP contribution in [0.5, 0.6) is 0 Å². The molecule has 2 atom stereocenters. The molecule has 0 spiro atoms. The minimum Gasteiger partial charge on any atom is -0.327 e. The molecule has 2 N–H and O–H groups in total. The topological polar surface area (TPSA) is 26.0 Å². The molecule has 1 aliphatic carbocycles. The van der Waals surface area contributed by atoms with Crippen molar-refractivity contribution in [3.63, 3.8) is 0 Å². The molecule has 0 bridgehead atoms. The third-order valence-corrected chi connectivity index (χ3v) is 3.98. The van der Waals surface area contributed by atoms with Crippen LogP contribution in [0.1, 0.15) is 37.3 Å². The lowest BCUT2D eigenvalue weighted by Crippen LogP contribution is -2.52. The Morgan fingerprint density at radius 1 is 1.18 bits per heavy atom. The molecule has 17 heavy (non-hydrogen) atoms. The van der Waals surface area contributed by atoms with Gasteiger partial charge in [0.05, 0.1) is 5.56 Å². The lowest BCUT2D eigenvalue weighted by atomic mass is 9.57. The summed E-state index contributed by atoms with van der Waals surface area (Å²) in [6.07, 6.45) is -3.41. The fourth-order valence-electron chi connectivity index (χ4n) is 2.43. The highest BCUT2D eigenvalue weighted by molar-refractivity contribution is 5.31. The zero-order valence-electron chi connectivity index (χ0n) is 9.88. The Labute approximate surface area is 98.8 Å². The van der Waals surface area contributed by atoms with Crippen LogP contribution in [0.3, 0.4) is 0 Å². The van der Waals surface area contributed by atoms with Gasteiger partial charge in [-0.1, -0.05) is 26.0 Å². The summed E-state index contributed by atoms with van der Waals surface area (Å²) in [5.74, 6) is 0.264. The van der Waals surface area contributed by atoms with E-state index in [0.717, 1.165) is 24.1 Å². The van der Waals surface area contributed by atoms with E-state index in [0.29, 0.717) is 0 Å². The Hall–Kier alpha value is -1.03. The summed E-state index contributed by atoms with van der Waals surface area (Å²) >= 11 is 0. The fourth-order valence-corrected chi connectivity index (χ4v) is 2.43. The highest BCUT2D eigenvalue weighted by Crippen LogP contribution is 2.51. The SMILES string of the molecule is CC1(C)C(N)CC1c1ccc(C(F)(F)F)cc1. The molecule has 0 heterocycles. The van der Waals surface area contributed by atoms with Gasteiger partial charge in [-0.2, -0.15) is 13.2 Å². The molecule has 0 radical (unpaired) electrons. The van der Waals surface area contributed by atoms with E-state index in [4.69, 9.17) is 5.73 Å². The Balaban J connectivity index is 2.20. The zero-order valence-corrected chi connectivity index (χ0v) is 9.88. The Morgan fingerprint density at radius 2 is 1.71 bits per heavy atom. The average Bonchev–Trinajstić information content (AvgIpc) is 2.25. The van der Waals surface area contributed by atoms with Gasteiger partial charge >= 0.3 is 6.18 Å². The first-order valence-corrected chi connectivity index (χ1v) is 5.65. The van der Waals surface area contributed by atoms with Gasteiger partial charge in [0.25, 0.3) is 0 Å². The number of benzene rings is 1. The van der Waals surface area contributed by atoms with Gasteiger partial charge in [0.2, 0.25) is 0 Å². The van der Waals surface area contributed by atoms with Crippen LogP contribution in [0.25, 0.3) is 0 Å². The van der Waals surface area contributed by atoms with Crippen LogP contribution in [0, 0.1) is 5.41 Å². The second-order valence-electron chi connectivity index (χ2n) is 5.34. The van der Waals surface area contributed by atoms with Crippen molar-refractivity contribution in [2.45, 2.75) is 38.4 Å². The van der Waals surface area contributed by atoms with Crippen molar-refractivity contribution in [2.75, 3.05) is 0 Å². The summed E-state index contributed by atoms with van der Waals surface area (Å²) < 4.78 is 37.2. The first-order valence-electron chi connectivity index (χ1n) is 5.65. The summed E-state index contributed by atoms with van der Waals surface area (Å²) in [5, 5.41) is 0. The highest BCUT2D eigenvalue weighted by Gasteiger charge is 2.46. The van der Waals surface area contributed by atoms with E-state index in [9.17, 15) is 13.2 Å². The molecule has 2 unspecified atom stereocenters. The number of hydrogen-bond donors (Lipinski definition) is 1. The van der Waals surface area contributed by atoms with Gasteiger partial charge in [-0.15, -0.1) is 0 Å². The molecule has 0 aliphatic heterocycles. The molecule has 4 heteroatoms. The summed E-state index contributed by atoms with van der Waals surface area (Å²) in [4.78, 5) is 0. The van der Waals surface area contributed by atoms with Crippen molar-refractivity contribution >= 4 is 0 Å². The largest absolute Gasteiger partial charge is 0.416 e. The van der Waals surface area contributed by atoms with Gasteiger partial charge in [0.1, 0.15) is 0 Å². The molecular weight excluding hydrogens is 227 g/mol. The zero-order chi connectivity index (χ0) is 12.8. The molecule has 1 nitrogen and oxygen atoms in total. The van der Waals surface area contributed by atoms with E-state index >= 15 is 0 Å². The summed E-state index contributed by atoms with van der Waals surface area (Å²) in [7, 11) is 0. The second-order valence-corrected chi connectivity index (χ2v) is 5.34. The minimum absolute atomic E-state index is 0.0280. The molecule has 0 aromatic heterocycles. The maximum absolute atomic E-state index is 12.4. The van der Waals surface area contributed by atoms with Crippen molar-refractivity contribution in [2.24, 2.45) is 11.1 Å². The molecule has 2 rings (SSSR count). The maximum Gasteiger partial charge on any atom is 0.416 e. The molecular formula is C13H16F3N. The third kappa shape index (κ3) is 2.06. The Kier molecular flexibility index (Phi) is 2.73. The van der Waals surface area contributed by atoms with Crippen LogP contribution in [-0.2, 0) is 6.18 Å². The molecule has 1 aliphatic rings. The van der Waals surface area contributed by atoms with E-state index in [2.05, 4.69) is 13.8 Å². The van der Waals surface area contributed by atoms with Crippen LogP contribution >= 0.6 is 0 Å². The molecule has 1 fully saturated rings. The van der Waals surface area contributed by atoms with Gasteiger partial charge < -0.3 is 5.73 Å². The second kappa shape index (κ2) is 3.73. The van der Waals surface area contributed by atoms with Crippen LogP contribution < -0.4 is 5.73 Å². The number of halogens is 3. The Morgan fingerprint density at radius 3 is 2.06 bits per heavy atom. The average molecular weight is 243 g/mol. The lowest BCUT2D eigenvalue weighted by molar-refractivity contribution is -0.137. The van der Waals surface area contributed by atoms with Crippen molar-refractivity contribution in [1.82, 2.24) is 0 Å². The van der Waals surface area contributed by atoms with Crippen molar-refractivity contribution in [3.05, 3.63) is 35.4 Å². The van der Waals surface area contributed by atoms with E-state index < -0.39 is 11.7 Å². The monoisotopic (exact) mass is 243 g/mol. The van der Waals surface area contributed by atoms with Gasteiger partial charge in [-0.25, -0.2) is 0 Å². The fraction of sp³-hybridized carbons (Fsp3) is 0.538. The van der Waals surface area contributed by atoms with Crippen molar-refractivity contribution < 1.29 is 13.2 Å². The lowest BCUT2D eigenvalue weighted by Gasteiger charge is -2.50. The van der Waals surface area contributed by atoms with Crippen LogP contribution in [0.2, 0.25) is 0 Å². The summed E-state index contributed by atoms with van der Waals surface area (Å²) in [5.41, 5.74) is 6.23. The molecule has 94 valence electrons.